The molecule has 1 aliphatic rings. The Morgan fingerprint density at radius 1 is 0.919 bits per heavy atom. The second kappa shape index (κ2) is 10.5. The zero-order valence-electron chi connectivity index (χ0n) is 20.9. The van der Waals surface area contributed by atoms with Crippen LogP contribution in [0.2, 0.25) is 0 Å². The molecule has 2 aromatic heterocycles. The van der Waals surface area contributed by atoms with Crippen molar-refractivity contribution in [3.05, 3.63) is 60.4 Å². The molecule has 0 aliphatic carbocycles. The van der Waals surface area contributed by atoms with Gasteiger partial charge in [-0.2, -0.15) is 4.68 Å². The number of hydrogen-bond donors (Lipinski definition) is 0. The zero-order valence-corrected chi connectivity index (χ0v) is 20.9. The van der Waals surface area contributed by atoms with Crippen LogP contribution in [0.4, 0.5) is 5.82 Å². The lowest BCUT2D eigenvalue weighted by Gasteiger charge is -2.34. The number of anilines is 1. The monoisotopic (exact) mass is 501 g/mol. The van der Waals surface area contributed by atoms with Crippen LogP contribution in [-0.2, 0) is 4.79 Å². The number of benzene rings is 2. The Bertz CT molecular complexity index is 1400. The fourth-order valence-corrected chi connectivity index (χ4v) is 4.32. The summed E-state index contributed by atoms with van der Waals surface area (Å²) in [6.45, 7) is 2.34. The molecule has 0 atom stereocenters. The van der Waals surface area contributed by atoms with E-state index in [9.17, 15) is 4.79 Å². The predicted molar refractivity (Wildman–Crippen MR) is 138 cm³/mol. The molecule has 0 unspecified atom stereocenters. The number of methoxy groups -OCH3 is 3. The summed E-state index contributed by atoms with van der Waals surface area (Å²) in [6, 6.07) is 13.3. The van der Waals surface area contributed by atoms with Crippen LogP contribution in [-0.4, -0.2) is 83.3 Å². The molecule has 11 nitrogen and oxygen atoms in total. The van der Waals surface area contributed by atoms with Gasteiger partial charge in [-0.3, -0.25) is 4.79 Å². The summed E-state index contributed by atoms with van der Waals surface area (Å²) in [5, 5.41) is 8.64. The van der Waals surface area contributed by atoms with Crippen LogP contribution in [0.25, 0.3) is 22.9 Å². The van der Waals surface area contributed by atoms with E-state index in [0.717, 1.165) is 11.3 Å². The number of carbonyl (C=O) groups is 1. The molecule has 2 aromatic carbocycles. The minimum Gasteiger partial charge on any atom is -0.493 e. The van der Waals surface area contributed by atoms with E-state index in [4.69, 9.17) is 14.2 Å². The van der Waals surface area contributed by atoms with Gasteiger partial charge in [0.25, 0.3) is 0 Å². The van der Waals surface area contributed by atoms with Gasteiger partial charge in [0.2, 0.25) is 11.7 Å². The average molecular weight is 502 g/mol. The van der Waals surface area contributed by atoms with E-state index in [2.05, 4.69) is 25.2 Å². The smallest absolute Gasteiger partial charge is 0.246 e. The summed E-state index contributed by atoms with van der Waals surface area (Å²) >= 11 is 0. The Balaban J connectivity index is 1.27. The standard InChI is InChI=1S/C26H27N7O4/c1-35-20-15-18(16-21(36-2)24(20)37-3)9-10-22(34)31-11-13-32(14-12-31)25-23-26(28-17-27-25)33(30-29-23)19-7-5-4-6-8-19/h4-10,15-17H,11-14H2,1-3H3/b10-9-. The number of nitrogens with zero attached hydrogens (tertiary/aromatic N) is 7. The Morgan fingerprint density at radius 3 is 2.27 bits per heavy atom. The number of para-hydroxylation sites is 1. The topological polar surface area (TPSA) is 108 Å². The van der Waals surface area contributed by atoms with Crippen LogP contribution < -0.4 is 19.1 Å². The van der Waals surface area contributed by atoms with Crippen LogP contribution in [0.1, 0.15) is 5.56 Å². The third-order valence-corrected chi connectivity index (χ3v) is 6.22. The lowest BCUT2D eigenvalue weighted by molar-refractivity contribution is -0.126. The molecule has 0 bridgehead atoms. The lowest BCUT2D eigenvalue weighted by atomic mass is 10.1. The fraction of sp³-hybridized carbons (Fsp3) is 0.269. The third kappa shape index (κ3) is 4.75. The van der Waals surface area contributed by atoms with Crippen molar-refractivity contribution in [3.8, 4) is 22.9 Å². The van der Waals surface area contributed by atoms with E-state index < -0.39 is 0 Å². The van der Waals surface area contributed by atoms with Crippen molar-refractivity contribution in [2.75, 3.05) is 52.4 Å². The Labute approximate surface area is 213 Å². The highest BCUT2D eigenvalue weighted by Crippen LogP contribution is 2.38. The molecule has 3 heterocycles. The lowest BCUT2D eigenvalue weighted by Crippen LogP contribution is -2.48. The van der Waals surface area contributed by atoms with Crippen molar-refractivity contribution in [1.82, 2.24) is 29.9 Å². The maximum atomic E-state index is 12.9. The fourth-order valence-electron chi connectivity index (χ4n) is 4.32. The molecule has 1 aliphatic heterocycles. The van der Waals surface area contributed by atoms with Crippen molar-refractivity contribution in [2.24, 2.45) is 0 Å². The van der Waals surface area contributed by atoms with Gasteiger partial charge in [0.1, 0.15) is 6.33 Å². The number of ether oxygens (including phenoxy) is 3. The summed E-state index contributed by atoms with van der Waals surface area (Å²) in [5.41, 5.74) is 2.92. The van der Waals surface area contributed by atoms with Crippen molar-refractivity contribution in [2.45, 2.75) is 0 Å². The van der Waals surface area contributed by atoms with Gasteiger partial charge in [0, 0.05) is 32.3 Å². The van der Waals surface area contributed by atoms with Gasteiger partial charge in [0.05, 0.1) is 27.0 Å². The highest BCUT2D eigenvalue weighted by atomic mass is 16.5. The van der Waals surface area contributed by atoms with Crippen molar-refractivity contribution in [3.63, 3.8) is 0 Å². The summed E-state index contributed by atoms with van der Waals surface area (Å²) < 4.78 is 17.8. The number of hydrogen-bond acceptors (Lipinski definition) is 9. The molecule has 0 radical (unpaired) electrons. The van der Waals surface area contributed by atoms with Crippen LogP contribution in [0.3, 0.4) is 0 Å². The van der Waals surface area contributed by atoms with E-state index in [1.54, 1.807) is 50.3 Å². The van der Waals surface area contributed by atoms with Crippen molar-refractivity contribution in [1.29, 1.82) is 0 Å². The van der Waals surface area contributed by atoms with Gasteiger partial charge in [0.15, 0.2) is 28.5 Å². The van der Waals surface area contributed by atoms with Gasteiger partial charge in [-0.15, -0.1) is 5.10 Å². The first kappa shape index (κ1) is 24.0. The molecule has 5 rings (SSSR count). The van der Waals surface area contributed by atoms with Gasteiger partial charge >= 0.3 is 0 Å². The SMILES string of the molecule is COc1cc(/C=C\C(=O)N2CCN(c3ncnc4c3nnn4-c3ccccc3)CC2)cc(OC)c1OC. The second-order valence-corrected chi connectivity index (χ2v) is 8.31. The molecule has 4 aromatic rings. The summed E-state index contributed by atoms with van der Waals surface area (Å²) in [4.78, 5) is 25.7. The number of carbonyl (C=O) groups excluding carboxylic acids is 1. The minimum absolute atomic E-state index is 0.0729. The van der Waals surface area contributed by atoms with E-state index in [0.29, 0.717) is 60.4 Å². The molecular formula is C26H27N7O4. The maximum Gasteiger partial charge on any atom is 0.246 e. The summed E-state index contributed by atoms with van der Waals surface area (Å²) in [7, 11) is 4.67. The Morgan fingerprint density at radius 2 is 1.62 bits per heavy atom. The molecule has 37 heavy (non-hydrogen) atoms. The number of rotatable bonds is 7. The molecule has 1 amide bonds. The number of piperazine rings is 1. The van der Waals surface area contributed by atoms with Crippen molar-refractivity contribution >= 4 is 29.0 Å². The van der Waals surface area contributed by atoms with E-state index in [1.807, 2.05) is 35.2 Å². The zero-order chi connectivity index (χ0) is 25.8. The highest BCUT2D eigenvalue weighted by molar-refractivity contribution is 5.92. The van der Waals surface area contributed by atoms with E-state index >= 15 is 0 Å². The first-order valence-electron chi connectivity index (χ1n) is 11.8. The van der Waals surface area contributed by atoms with E-state index in [1.165, 1.54) is 6.33 Å². The Kier molecular flexibility index (Phi) is 6.84. The molecule has 1 fully saturated rings. The van der Waals surface area contributed by atoms with E-state index in [-0.39, 0.29) is 5.91 Å². The molecule has 0 N–H and O–H groups in total. The summed E-state index contributed by atoms with van der Waals surface area (Å²) in [5.74, 6) is 2.21. The van der Waals surface area contributed by atoms with Crippen LogP contribution in [0, 0.1) is 0 Å². The number of fused-ring (bicyclic) bond motifs is 1. The van der Waals surface area contributed by atoms with Gasteiger partial charge in [-0.1, -0.05) is 23.4 Å². The van der Waals surface area contributed by atoms with Crippen LogP contribution >= 0.6 is 0 Å². The highest BCUT2D eigenvalue weighted by Gasteiger charge is 2.24. The summed E-state index contributed by atoms with van der Waals surface area (Å²) in [6.07, 6.45) is 4.83. The molecule has 1 saturated heterocycles. The van der Waals surface area contributed by atoms with Gasteiger partial charge < -0.3 is 24.0 Å². The Hall–Kier alpha value is -4.67. The predicted octanol–water partition coefficient (Wildman–Crippen LogP) is 2.60. The molecular weight excluding hydrogens is 474 g/mol. The molecule has 0 spiro atoms. The average Bonchev–Trinajstić information content (AvgIpc) is 3.40. The van der Waals surface area contributed by atoms with Gasteiger partial charge in [-0.25, -0.2) is 9.97 Å². The maximum absolute atomic E-state index is 12.9. The van der Waals surface area contributed by atoms with Gasteiger partial charge in [-0.05, 0) is 35.9 Å². The number of aromatic nitrogens is 5. The third-order valence-electron chi connectivity index (χ3n) is 6.22. The molecule has 190 valence electrons. The number of amides is 1. The normalized spacial score (nSPS) is 13.8. The largest absolute Gasteiger partial charge is 0.493 e. The van der Waals surface area contributed by atoms with Crippen LogP contribution in [0.5, 0.6) is 17.2 Å². The molecule has 0 saturated carbocycles. The quantitative estimate of drug-likeness (QED) is 0.353. The first-order valence-corrected chi connectivity index (χ1v) is 11.8. The van der Waals surface area contributed by atoms with Crippen LogP contribution in [0.15, 0.2) is 54.9 Å². The molecule has 11 heteroatoms. The first-order chi connectivity index (χ1) is 18.1. The minimum atomic E-state index is -0.0729. The second-order valence-electron chi connectivity index (χ2n) is 8.31. The van der Waals surface area contributed by atoms with Crippen molar-refractivity contribution < 1.29 is 19.0 Å².